The van der Waals surface area contributed by atoms with E-state index >= 15 is 0 Å². The number of hydrogen-bond acceptors (Lipinski definition) is 2. The minimum atomic E-state index is 0.432. The van der Waals surface area contributed by atoms with Gasteiger partial charge in [0.05, 0.1) is 0 Å². The van der Waals surface area contributed by atoms with Crippen LogP contribution in [0.2, 0.25) is 0 Å². The van der Waals surface area contributed by atoms with Gasteiger partial charge in [-0.2, -0.15) is 0 Å². The van der Waals surface area contributed by atoms with Gasteiger partial charge >= 0.3 is 0 Å². The maximum Gasteiger partial charge on any atom is 0.0247 e. The van der Waals surface area contributed by atoms with Crippen molar-refractivity contribution in [1.82, 2.24) is 4.90 Å². The average molecular weight is 325 g/mol. The average Bonchev–Trinajstić information content (AvgIpc) is 2.39. The van der Waals surface area contributed by atoms with Crippen molar-refractivity contribution in [2.24, 2.45) is 5.73 Å². The minimum Gasteiger partial charge on any atom is -0.328 e. The Kier molecular flexibility index (Phi) is 5.43. The van der Waals surface area contributed by atoms with Gasteiger partial charge < -0.3 is 5.73 Å². The lowest BCUT2D eigenvalue weighted by atomic mass is 9.90. The molecule has 0 amide bonds. The zero-order chi connectivity index (χ0) is 13.8. The second kappa shape index (κ2) is 6.87. The zero-order valence-corrected chi connectivity index (χ0v) is 13.6. The molecule has 1 aromatic carbocycles. The maximum atomic E-state index is 6.01. The molecule has 0 heterocycles. The monoisotopic (exact) mass is 324 g/mol. The number of halogens is 1. The highest BCUT2D eigenvalue weighted by Crippen LogP contribution is 2.26. The number of hydrogen-bond donors (Lipinski definition) is 1. The third kappa shape index (κ3) is 4.04. The highest BCUT2D eigenvalue weighted by Gasteiger charge is 2.23. The van der Waals surface area contributed by atoms with Crippen LogP contribution in [0.4, 0.5) is 0 Å². The molecule has 0 aliphatic heterocycles. The molecule has 1 aliphatic carbocycles. The first-order valence-electron chi connectivity index (χ1n) is 7.34. The van der Waals surface area contributed by atoms with Crippen LogP contribution in [-0.2, 0) is 6.54 Å². The topological polar surface area (TPSA) is 29.3 Å². The lowest BCUT2D eigenvalue weighted by Gasteiger charge is -2.35. The quantitative estimate of drug-likeness (QED) is 0.911. The van der Waals surface area contributed by atoms with Gasteiger partial charge in [0.25, 0.3) is 0 Å². The van der Waals surface area contributed by atoms with Crippen LogP contribution in [0, 0.1) is 6.92 Å². The van der Waals surface area contributed by atoms with E-state index in [0.717, 1.165) is 13.1 Å². The van der Waals surface area contributed by atoms with Crippen LogP contribution in [0.1, 0.15) is 43.7 Å². The van der Waals surface area contributed by atoms with E-state index in [1.54, 1.807) is 0 Å². The van der Waals surface area contributed by atoms with Gasteiger partial charge in [-0.05, 0) is 56.3 Å². The molecule has 1 aromatic rings. The molecule has 0 atom stereocenters. The van der Waals surface area contributed by atoms with Gasteiger partial charge in [-0.15, -0.1) is 0 Å². The summed E-state index contributed by atoms with van der Waals surface area (Å²) < 4.78 is 1.23. The first-order valence-corrected chi connectivity index (χ1v) is 8.14. The standard InChI is InChI=1S/C16H25BrN2/c1-3-19(15-8-6-14(18)7-9-15)11-13-5-4-12(2)10-16(13)17/h4-5,10,14-15H,3,6-9,11,18H2,1-2H3. The van der Waals surface area contributed by atoms with Crippen LogP contribution < -0.4 is 5.73 Å². The molecule has 1 fully saturated rings. The fourth-order valence-electron chi connectivity index (χ4n) is 2.97. The van der Waals surface area contributed by atoms with E-state index in [9.17, 15) is 0 Å². The molecule has 1 saturated carbocycles. The maximum absolute atomic E-state index is 6.01. The molecule has 0 bridgehead atoms. The van der Waals surface area contributed by atoms with Gasteiger partial charge in [0, 0.05) is 23.1 Å². The van der Waals surface area contributed by atoms with Crippen molar-refractivity contribution in [3.63, 3.8) is 0 Å². The Morgan fingerprint density at radius 2 is 1.95 bits per heavy atom. The first-order chi connectivity index (χ1) is 9.10. The Morgan fingerprint density at radius 3 is 2.53 bits per heavy atom. The van der Waals surface area contributed by atoms with Gasteiger partial charge in [-0.3, -0.25) is 4.90 Å². The third-order valence-corrected chi connectivity index (χ3v) is 4.98. The molecule has 106 valence electrons. The summed E-state index contributed by atoms with van der Waals surface area (Å²) in [6, 6.07) is 7.79. The number of rotatable bonds is 4. The van der Waals surface area contributed by atoms with Crippen LogP contribution in [0.15, 0.2) is 22.7 Å². The molecule has 0 saturated heterocycles. The van der Waals surface area contributed by atoms with E-state index in [2.05, 4.69) is 52.9 Å². The van der Waals surface area contributed by atoms with Crippen LogP contribution in [0.25, 0.3) is 0 Å². The van der Waals surface area contributed by atoms with Crippen molar-refractivity contribution in [2.75, 3.05) is 6.54 Å². The van der Waals surface area contributed by atoms with E-state index in [1.807, 2.05) is 0 Å². The molecule has 3 heteroatoms. The van der Waals surface area contributed by atoms with Crippen molar-refractivity contribution in [2.45, 2.75) is 58.2 Å². The van der Waals surface area contributed by atoms with Crippen molar-refractivity contribution in [3.05, 3.63) is 33.8 Å². The second-order valence-corrected chi connectivity index (χ2v) is 6.58. The molecular weight excluding hydrogens is 300 g/mol. The molecule has 0 aromatic heterocycles. The van der Waals surface area contributed by atoms with Crippen LogP contribution in [-0.4, -0.2) is 23.5 Å². The summed E-state index contributed by atoms with van der Waals surface area (Å²) in [5.74, 6) is 0. The summed E-state index contributed by atoms with van der Waals surface area (Å²) in [5.41, 5.74) is 8.70. The summed E-state index contributed by atoms with van der Waals surface area (Å²) in [6.45, 7) is 6.54. The zero-order valence-electron chi connectivity index (χ0n) is 12.0. The Labute approximate surface area is 125 Å². The Hall–Kier alpha value is -0.380. The summed E-state index contributed by atoms with van der Waals surface area (Å²) in [6.07, 6.45) is 4.85. The predicted molar refractivity (Wildman–Crippen MR) is 85.2 cm³/mol. The Balaban J connectivity index is 2.02. The number of benzene rings is 1. The largest absolute Gasteiger partial charge is 0.328 e. The molecule has 2 rings (SSSR count). The van der Waals surface area contributed by atoms with Gasteiger partial charge in [0.15, 0.2) is 0 Å². The molecule has 0 spiro atoms. The van der Waals surface area contributed by atoms with E-state index in [-0.39, 0.29) is 0 Å². The van der Waals surface area contributed by atoms with Crippen LogP contribution in [0.3, 0.4) is 0 Å². The van der Waals surface area contributed by atoms with Crippen molar-refractivity contribution >= 4 is 15.9 Å². The molecule has 2 nitrogen and oxygen atoms in total. The van der Waals surface area contributed by atoms with E-state index in [4.69, 9.17) is 5.73 Å². The number of nitrogens with two attached hydrogens (primary N) is 1. The fraction of sp³-hybridized carbons (Fsp3) is 0.625. The van der Waals surface area contributed by atoms with Crippen LogP contribution in [0.5, 0.6) is 0 Å². The van der Waals surface area contributed by atoms with Crippen molar-refractivity contribution in [3.8, 4) is 0 Å². The predicted octanol–water partition coefficient (Wildman–Crippen LogP) is 3.85. The third-order valence-electron chi connectivity index (χ3n) is 4.25. The molecule has 1 aliphatic rings. The highest BCUT2D eigenvalue weighted by atomic mass is 79.9. The van der Waals surface area contributed by atoms with Crippen molar-refractivity contribution < 1.29 is 0 Å². The molecule has 2 N–H and O–H groups in total. The van der Waals surface area contributed by atoms with Gasteiger partial charge in [-0.1, -0.05) is 35.0 Å². The number of nitrogens with zero attached hydrogens (tertiary/aromatic N) is 1. The fourth-order valence-corrected chi connectivity index (χ4v) is 3.58. The van der Waals surface area contributed by atoms with E-state index in [1.165, 1.54) is 41.3 Å². The SMILES string of the molecule is CCN(Cc1ccc(C)cc1Br)C1CCC(N)CC1. The summed E-state index contributed by atoms with van der Waals surface area (Å²) in [5, 5.41) is 0. The van der Waals surface area contributed by atoms with Gasteiger partial charge in [-0.25, -0.2) is 0 Å². The second-order valence-electron chi connectivity index (χ2n) is 5.73. The summed E-state index contributed by atoms with van der Waals surface area (Å²) >= 11 is 3.69. The van der Waals surface area contributed by atoms with Gasteiger partial charge in [0.1, 0.15) is 0 Å². The van der Waals surface area contributed by atoms with E-state index in [0.29, 0.717) is 12.1 Å². The molecule has 0 unspecified atom stereocenters. The minimum absolute atomic E-state index is 0.432. The number of aryl methyl sites for hydroxylation is 1. The lowest BCUT2D eigenvalue weighted by molar-refractivity contribution is 0.149. The Bertz CT molecular complexity index is 411. The molecule has 19 heavy (non-hydrogen) atoms. The van der Waals surface area contributed by atoms with Gasteiger partial charge in [0.2, 0.25) is 0 Å². The lowest BCUT2D eigenvalue weighted by Crippen LogP contribution is -2.40. The molecule has 0 radical (unpaired) electrons. The first kappa shape index (κ1) is 15.0. The summed E-state index contributed by atoms with van der Waals surface area (Å²) in [7, 11) is 0. The molecular formula is C16H25BrN2. The van der Waals surface area contributed by atoms with E-state index < -0.39 is 0 Å². The smallest absolute Gasteiger partial charge is 0.0247 e. The highest BCUT2D eigenvalue weighted by molar-refractivity contribution is 9.10. The Morgan fingerprint density at radius 1 is 1.26 bits per heavy atom. The normalized spacial score (nSPS) is 23.8. The summed E-state index contributed by atoms with van der Waals surface area (Å²) in [4.78, 5) is 2.60. The van der Waals surface area contributed by atoms with Crippen molar-refractivity contribution in [1.29, 1.82) is 0 Å². The van der Waals surface area contributed by atoms with Crippen LogP contribution >= 0.6 is 15.9 Å².